The normalized spacial score (nSPS) is 10.7. The highest BCUT2D eigenvalue weighted by molar-refractivity contribution is 6.31. The molecule has 0 spiro atoms. The first-order valence-corrected chi connectivity index (χ1v) is 6.09. The van der Waals surface area contributed by atoms with Crippen LogP contribution in [-0.4, -0.2) is 15.0 Å². The molecule has 0 unspecified atom stereocenters. The van der Waals surface area contributed by atoms with Gasteiger partial charge in [0.2, 0.25) is 0 Å². The van der Waals surface area contributed by atoms with Crippen LogP contribution in [0.1, 0.15) is 0 Å². The fraction of sp³-hybridized carbons (Fsp3) is 0. The van der Waals surface area contributed by atoms with E-state index < -0.39 is 5.82 Å². The topological polar surface area (TPSA) is 76.7 Å². The number of benzene rings is 1. The fourth-order valence-electron chi connectivity index (χ4n) is 1.77. The van der Waals surface area contributed by atoms with Crippen molar-refractivity contribution in [2.75, 3.05) is 11.1 Å². The van der Waals surface area contributed by atoms with Crippen LogP contribution >= 0.6 is 11.6 Å². The van der Waals surface area contributed by atoms with E-state index in [1.165, 1.54) is 24.7 Å². The summed E-state index contributed by atoms with van der Waals surface area (Å²) in [5.74, 6) is 0.0330. The number of nitrogen functional groups attached to an aromatic ring is 1. The van der Waals surface area contributed by atoms with Crippen molar-refractivity contribution in [1.29, 1.82) is 0 Å². The molecule has 0 saturated carbocycles. The third-order valence-corrected chi connectivity index (χ3v) is 2.91. The molecule has 3 N–H and O–H groups in total. The molecule has 5 nitrogen and oxygen atoms in total. The summed E-state index contributed by atoms with van der Waals surface area (Å²) in [5.41, 5.74) is 7.38. The summed E-state index contributed by atoms with van der Waals surface area (Å²) in [6.07, 6.45) is 2.91. The molecule has 0 atom stereocenters. The average molecular weight is 290 g/mol. The Balaban J connectivity index is 2.04. The van der Waals surface area contributed by atoms with Crippen molar-refractivity contribution in [3.63, 3.8) is 0 Å². The number of pyridine rings is 1. The van der Waals surface area contributed by atoms with E-state index in [9.17, 15) is 4.39 Å². The molecule has 0 amide bonds. The van der Waals surface area contributed by atoms with Crippen molar-refractivity contribution in [2.24, 2.45) is 0 Å². The van der Waals surface area contributed by atoms with Gasteiger partial charge in [-0.1, -0.05) is 11.6 Å². The Morgan fingerprint density at radius 1 is 1.15 bits per heavy atom. The quantitative estimate of drug-likeness (QED) is 0.709. The lowest BCUT2D eigenvalue weighted by Crippen LogP contribution is -1.99. The van der Waals surface area contributed by atoms with Crippen LogP contribution in [0.25, 0.3) is 11.0 Å². The molecule has 0 aliphatic rings. The van der Waals surface area contributed by atoms with E-state index in [0.717, 1.165) is 0 Å². The minimum atomic E-state index is -0.465. The van der Waals surface area contributed by atoms with E-state index in [1.54, 1.807) is 12.1 Å². The van der Waals surface area contributed by atoms with Gasteiger partial charge in [-0.2, -0.15) is 0 Å². The van der Waals surface area contributed by atoms with E-state index in [0.29, 0.717) is 27.6 Å². The Morgan fingerprint density at radius 3 is 2.80 bits per heavy atom. The molecule has 0 fully saturated rings. The lowest BCUT2D eigenvalue weighted by atomic mass is 10.2. The number of nitrogens with zero attached hydrogens (tertiary/aromatic N) is 3. The monoisotopic (exact) mass is 289 g/mol. The summed E-state index contributed by atoms with van der Waals surface area (Å²) in [4.78, 5) is 12.4. The van der Waals surface area contributed by atoms with Gasteiger partial charge >= 0.3 is 0 Å². The first-order chi connectivity index (χ1) is 9.63. The van der Waals surface area contributed by atoms with E-state index in [-0.39, 0.29) is 5.69 Å². The molecule has 0 radical (unpaired) electrons. The highest BCUT2D eigenvalue weighted by Crippen LogP contribution is 2.24. The number of hydrogen-bond donors (Lipinski definition) is 2. The van der Waals surface area contributed by atoms with E-state index in [2.05, 4.69) is 20.3 Å². The summed E-state index contributed by atoms with van der Waals surface area (Å²) in [6, 6.07) is 6.02. The lowest BCUT2D eigenvalue weighted by Gasteiger charge is -2.08. The molecule has 0 bridgehead atoms. The van der Waals surface area contributed by atoms with Gasteiger partial charge in [0.25, 0.3) is 0 Å². The number of hydrogen-bond acceptors (Lipinski definition) is 5. The Hall–Kier alpha value is -2.47. The second kappa shape index (κ2) is 4.90. The third kappa shape index (κ3) is 2.33. The van der Waals surface area contributed by atoms with Crippen molar-refractivity contribution in [3.05, 3.63) is 47.6 Å². The highest BCUT2D eigenvalue weighted by Gasteiger charge is 2.07. The Labute approximate surface area is 118 Å². The van der Waals surface area contributed by atoms with Crippen molar-refractivity contribution in [1.82, 2.24) is 15.0 Å². The van der Waals surface area contributed by atoms with Crippen LogP contribution in [0, 0.1) is 5.82 Å². The Bertz CT molecular complexity index is 793. The van der Waals surface area contributed by atoms with Gasteiger partial charge in [0.15, 0.2) is 5.82 Å². The summed E-state index contributed by atoms with van der Waals surface area (Å²) in [5, 5.41) is 3.52. The van der Waals surface area contributed by atoms with Gasteiger partial charge in [-0.25, -0.2) is 19.3 Å². The largest absolute Gasteiger partial charge is 0.396 e. The standard InChI is InChI=1S/C13H9ClFN5/c14-7-3-11-12(17-5-7)13(19-6-18-11)20-8-1-2-9(15)10(16)4-8/h1-6H,16H2,(H,18,19,20). The van der Waals surface area contributed by atoms with Crippen LogP contribution in [0.5, 0.6) is 0 Å². The van der Waals surface area contributed by atoms with Crippen LogP contribution in [0.15, 0.2) is 36.8 Å². The molecule has 3 aromatic rings. The first-order valence-electron chi connectivity index (χ1n) is 5.72. The van der Waals surface area contributed by atoms with Gasteiger partial charge < -0.3 is 11.1 Å². The van der Waals surface area contributed by atoms with Gasteiger partial charge in [0, 0.05) is 11.9 Å². The molecule has 1 aromatic carbocycles. The molecule has 7 heteroatoms. The van der Waals surface area contributed by atoms with Crippen LogP contribution in [-0.2, 0) is 0 Å². The second-order valence-corrected chi connectivity index (χ2v) is 4.54. The summed E-state index contributed by atoms with van der Waals surface area (Å²) in [6.45, 7) is 0. The maximum absolute atomic E-state index is 13.1. The van der Waals surface area contributed by atoms with Crippen molar-refractivity contribution >= 4 is 39.8 Å². The molecule has 2 aromatic heterocycles. The maximum Gasteiger partial charge on any atom is 0.160 e. The SMILES string of the molecule is Nc1cc(Nc2ncnc3cc(Cl)cnc23)ccc1F. The highest BCUT2D eigenvalue weighted by atomic mass is 35.5. The first kappa shape index (κ1) is 12.6. The third-order valence-electron chi connectivity index (χ3n) is 2.70. The minimum Gasteiger partial charge on any atom is -0.396 e. The zero-order chi connectivity index (χ0) is 14.1. The second-order valence-electron chi connectivity index (χ2n) is 4.10. The van der Waals surface area contributed by atoms with Gasteiger partial charge in [0.1, 0.15) is 17.7 Å². The average Bonchev–Trinajstić information content (AvgIpc) is 2.43. The van der Waals surface area contributed by atoms with E-state index in [4.69, 9.17) is 17.3 Å². The zero-order valence-electron chi connectivity index (χ0n) is 10.1. The van der Waals surface area contributed by atoms with Gasteiger partial charge in [0.05, 0.1) is 16.2 Å². The van der Waals surface area contributed by atoms with Crippen molar-refractivity contribution < 1.29 is 4.39 Å². The molecule has 0 saturated heterocycles. The fourth-order valence-corrected chi connectivity index (χ4v) is 1.92. The predicted octanol–water partition coefficient (Wildman–Crippen LogP) is 3.14. The molecule has 2 heterocycles. The molecular formula is C13H9ClFN5. The molecule has 20 heavy (non-hydrogen) atoms. The molecule has 0 aliphatic carbocycles. The minimum absolute atomic E-state index is 0.0596. The van der Waals surface area contributed by atoms with Gasteiger partial charge in [-0.05, 0) is 24.3 Å². The van der Waals surface area contributed by atoms with Crippen LogP contribution in [0.3, 0.4) is 0 Å². The zero-order valence-corrected chi connectivity index (χ0v) is 10.9. The molecular weight excluding hydrogens is 281 g/mol. The summed E-state index contributed by atoms with van der Waals surface area (Å²) < 4.78 is 13.1. The Kier molecular flexibility index (Phi) is 3.08. The van der Waals surface area contributed by atoms with Crippen LogP contribution < -0.4 is 11.1 Å². The number of anilines is 3. The summed E-state index contributed by atoms with van der Waals surface area (Å²) in [7, 11) is 0. The molecule has 3 rings (SSSR count). The van der Waals surface area contributed by atoms with E-state index >= 15 is 0 Å². The van der Waals surface area contributed by atoms with Crippen molar-refractivity contribution in [3.8, 4) is 0 Å². The number of nitrogens with two attached hydrogens (primary N) is 1. The van der Waals surface area contributed by atoms with Crippen LogP contribution in [0.4, 0.5) is 21.6 Å². The van der Waals surface area contributed by atoms with Gasteiger partial charge in [-0.3, -0.25) is 0 Å². The number of nitrogens with one attached hydrogen (secondary N) is 1. The molecule has 0 aliphatic heterocycles. The van der Waals surface area contributed by atoms with E-state index in [1.807, 2.05) is 0 Å². The number of halogens is 2. The maximum atomic E-state index is 13.1. The number of rotatable bonds is 2. The van der Waals surface area contributed by atoms with Crippen LogP contribution in [0.2, 0.25) is 5.02 Å². The summed E-state index contributed by atoms with van der Waals surface area (Å²) >= 11 is 5.87. The van der Waals surface area contributed by atoms with Gasteiger partial charge in [-0.15, -0.1) is 0 Å². The Morgan fingerprint density at radius 2 is 2.00 bits per heavy atom. The smallest absolute Gasteiger partial charge is 0.160 e. The van der Waals surface area contributed by atoms with Crippen molar-refractivity contribution in [2.45, 2.75) is 0 Å². The number of aromatic nitrogens is 3. The molecule has 100 valence electrons. The lowest BCUT2D eigenvalue weighted by molar-refractivity contribution is 0.633. The predicted molar refractivity (Wildman–Crippen MR) is 76.4 cm³/mol. The number of fused-ring (bicyclic) bond motifs is 1.